The quantitative estimate of drug-likeness (QED) is 0.201. The molecule has 0 nitrogen and oxygen atoms in total. The van der Waals surface area contributed by atoms with Crippen molar-refractivity contribution in [3.05, 3.63) is 106 Å². The molecular formula is C26H19F5S. The molecule has 4 rings (SSSR count). The average Bonchev–Trinajstić information content (AvgIpc) is 3.23. The Kier molecular flexibility index (Phi) is 6.42. The third-order valence-electron chi connectivity index (χ3n) is 5.23. The summed E-state index contributed by atoms with van der Waals surface area (Å²) in [6.45, 7) is 2.13. The van der Waals surface area contributed by atoms with Gasteiger partial charge in [0.05, 0.1) is 0 Å². The van der Waals surface area contributed by atoms with Crippen LogP contribution in [0.4, 0.5) is 22.0 Å². The topological polar surface area (TPSA) is 0 Å². The predicted octanol–water partition coefficient (Wildman–Crippen LogP) is 8.32. The summed E-state index contributed by atoms with van der Waals surface area (Å²) in [5.41, 5.74) is 1.62. The molecule has 0 aliphatic heterocycles. The fraction of sp³-hybridized carbons (Fsp3) is 0.154. The lowest BCUT2D eigenvalue weighted by Crippen LogP contribution is -2.01. The normalized spacial score (nSPS) is 11.2. The minimum atomic E-state index is -1.61. The van der Waals surface area contributed by atoms with E-state index in [1.54, 1.807) is 23.5 Å². The van der Waals surface area contributed by atoms with Crippen molar-refractivity contribution in [2.45, 2.75) is 26.2 Å². The number of hydrogen-bond donors (Lipinski definition) is 0. The highest BCUT2D eigenvalue weighted by Gasteiger charge is 2.16. The average molecular weight is 458 g/mol. The third-order valence-corrected chi connectivity index (χ3v) is 6.42. The summed E-state index contributed by atoms with van der Waals surface area (Å²) in [5.74, 6) is -6.08. The van der Waals surface area contributed by atoms with Crippen LogP contribution in [0.15, 0.2) is 60.7 Å². The Morgan fingerprint density at radius 1 is 0.656 bits per heavy atom. The molecule has 1 aromatic heterocycles. The van der Waals surface area contributed by atoms with Gasteiger partial charge in [0.1, 0.15) is 11.6 Å². The van der Waals surface area contributed by atoms with E-state index in [2.05, 4.69) is 19.1 Å². The third kappa shape index (κ3) is 4.60. The Balaban J connectivity index is 1.58. The highest BCUT2D eigenvalue weighted by molar-refractivity contribution is 7.15. The zero-order valence-corrected chi connectivity index (χ0v) is 18.0. The summed E-state index contributed by atoms with van der Waals surface area (Å²) in [7, 11) is 0. The molecule has 0 aliphatic rings. The van der Waals surface area contributed by atoms with Crippen LogP contribution in [-0.4, -0.2) is 0 Å². The maximum absolute atomic E-state index is 14.7. The zero-order chi connectivity index (χ0) is 22.8. The van der Waals surface area contributed by atoms with Crippen LogP contribution in [-0.2, 0) is 12.8 Å². The molecular weight excluding hydrogens is 439 g/mol. The first-order valence-corrected chi connectivity index (χ1v) is 11.0. The molecule has 0 fully saturated rings. The van der Waals surface area contributed by atoms with Gasteiger partial charge in [0.15, 0.2) is 17.5 Å². The first-order chi connectivity index (χ1) is 15.4. The molecule has 0 atom stereocenters. The summed E-state index contributed by atoms with van der Waals surface area (Å²) in [6.07, 6.45) is 1.71. The van der Waals surface area contributed by atoms with Gasteiger partial charge in [-0.3, -0.25) is 0 Å². The van der Waals surface area contributed by atoms with Gasteiger partial charge in [0.25, 0.3) is 0 Å². The molecule has 0 bridgehead atoms. The number of hydrogen-bond acceptors (Lipinski definition) is 1. The molecule has 6 heteroatoms. The van der Waals surface area contributed by atoms with Crippen molar-refractivity contribution in [2.24, 2.45) is 0 Å². The Morgan fingerprint density at radius 3 is 1.84 bits per heavy atom. The maximum atomic E-state index is 14.7. The molecule has 164 valence electrons. The van der Waals surface area contributed by atoms with Crippen molar-refractivity contribution < 1.29 is 22.0 Å². The van der Waals surface area contributed by atoms with Crippen LogP contribution in [0.5, 0.6) is 0 Å². The molecule has 0 unspecified atom stereocenters. The van der Waals surface area contributed by atoms with Crippen LogP contribution in [0.25, 0.3) is 21.6 Å². The molecule has 3 aromatic carbocycles. The van der Waals surface area contributed by atoms with E-state index in [9.17, 15) is 22.0 Å². The first-order valence-electron chi connectivity index (χ1n) is 10.2. The van der Waals surface area contributed by atoms with Crippen LogP contribution in [0.2, 0.25) is 0 Å². The van der Waals surface area contributed by atoms with Gasteiger partial charge < -0.3 is 0 Å². The minimum absolute atomic E-state index is 0.0605. The first kappa shape index (κ1) is 22.2. The maximum Gasteiger partial charge on any atom is 0.194 e. The van der Waals surface area contributed by atoms with E-state index >= 15 is 0 Å². The molecule has 32 heavy (non-hydrogen) atoms. The van der Waals surface area contributed by atoms with Gasteiger partial charge in [-0.15, -0.1) is 11.3 Å². The minimum Gasteiger partial charge on any atom is -0.207 e. The van der Waals surface area contributed by atoms with Gasteiger partial charge in [0, 0.05) is 21.7 Å². The second-order valence-corrected chi connectivity index (χ2v) is 8.73. The van der Waals surface area contributed by atoms with Crippen molar-refractivity contribution >= 4 is 11.3 Å². The van der Waals surface area contributed by atoms with Gasteiger partial charge in [-0.05, 0) is 65.1 Å². The molecule has 0 aliphatic carbocycles. The van der Waals surface area contributed by atoms with Crippen LogP contribution in [0, 0.1) is 29.1 Å². The fourth-order valence-electron chi connectivity index (χ4n) is 3.59. The predicted molar refractivity (Wildman–Crippen MR) is 118 cm³/mol. The van der Waals surface area contributed by atoms with Crippen molar-refractivity contribution in [2.75, 3.05) is 0 Å². The van der Waals surface area contributed by atoms with Gasteiger partial charge in [-0.1, -0.05) is 37.6 Å². The molecule has 0 saturated carbocycles. The summed E-state index contributed by atoms with van der Waals surface area (Å²) in [6, 6.07) is 15.4. The van der Waals surface area contributed by atoms with Gasteiger partial charge >= 0.3 is 0 Å². The highest BCUT2D eigenvalue weighted by Crippen LogP contribution is 2.32. The largest absolute Gasteiger partial charge is 0.207 e. The Hall–Kier alpha value is -2.99. The monoisotopic (exact) mass is 458 g/mol. The number of halogens is 5. The van der Waals surface area contributed by atoms with Crippen molar-refractivity contribution in [1.29, 1.82) is 0 Å². The van der Waals surface area contributed by atoms with E-state index in [1.165, 1.54) is 17.0 Å². The second-order valence-electron chi connectivity index (χ2n) is 7.56. The van der Waals surface area contributed by atoms with E-state index in [0.29, 0.717) is 11.1 Å². The Morgan fingerprint density at radius 2 is 1.25 bits per heavy atom. The lowest BCUT2D eigenvalue weighted by molar-refractivity contribution is 0.445. The number of aryl methyl sites for hydroxylation is 1. The highest BCUT2D eigenvalue weighted by atomic mass is 32.1. The Bertz CT molecular complexity index is 1210. The molecule has 0 N–H and O–H groups in total. The lowest BCUT2D eigenvalue weighted by atomic mass is 9.98. The summed E-state index contributed by atoms with van der Waals surface area (Å²) < 4.78 is 69.3. The van der Waals surface area contributed by atoms with Gasteiger partial charge in [-0.2, -0.15) is 0 Å². The number of thiophene rings is 1. The second kappa shape index (κ2) is 9.25. The summed E-state index contributed by atoms with van der Waals surface area (Å²) in [5, 5.41) is 0. The van der Waals surface area contributed by atoms with Crippen LogP contribution in [0.1, 0.15) is 29.3 Å². The van der Waals surface area contributed by atoms with E-state index in [-0.39, 0.29) is 11.1 Å². The fourth-order valence-corrected chi connectivity index (χ4v) is 4.71. The van der Waals surface area contributed by atoms with Crippen molar-refractivity contribution in [3.8, 4) is 21.6 Å². The molecule has 0 amide bonds. The van der Waals surface area contributed by atoms with E-state index in [1.807, 2.05) is 12.1 Å². The standard InChI is InChI=1S/C26H19F5S/c1-2-3-19-8-9-25(32-19)17-6-4-16(5-7-17)18-13-21(27)20(22(28)14-18)10-15-11-23(29)26(31)24(30)12-15/h4-9,11-14H,2-3,10H2,1H3. The zero-order valence-electron chi connectivity index (χ0n) is 17.2. The number of rotatable bonds is 6. The molecule has 0 radical (unpaired) electrons. The molecule has 1 heterocycles. The van der Waals surface area contributed by atoms with Crippen LogP contribution in [0.3, 0.4) is 0 Å². The molecule has 0 saturated heterocycles. The number of benzene rings is 3. The van der Waals surface area contributed by atoms with Crippen LogP contribution >= 0.6 is 11.3 Å². The molecule has 4 aromatic rings. The SMILES string of the molecule is CCCc1ccc(-c2ccc(-c3cc(F)c(Cc4cc(F)c(F)c(F)c4)c(F)c3)cc2)s1. The van der Waals surface area contributed by atoms with Crippen molar-refractivity contribution in [1.82, 2.24) is 0 Å². The summed E-state index contributed by atoms with van der Waals surface area (Å²) in [4.78, 5) is 2.44. The van der Waals surface area contributed by atoms with Gasteiger partial charge in [-0.25, -0.2) is 22.0 Å². The lowest BCUT2D eigenvalue weighted by Gasteiger charge is -2.10. The molecule has 0 spiro atoms. The smallest absolute Gasteiger partial charge is 0.194 e. The van der Waals surface area contributed by atoms with E-state index in [4.69, 9.17) is 0 Å². The Labute approximate surface area is 187 Å². The summed E-state index contributed by atoms with van der Waals surface area (Å²) >= 11 is 1.73. The van der Waals surface area contributed by atoms with Crippen LogP contribution < -0.4 is 0 Å². The van der Waals surface area contributed by atoms with E-state index in [0.717, 1.165) is 35.4 Å². The van der Waals surface area contributed by atoms with Gasteiger partial charge in [0.2, 0.25) is 0 Å². The van der Waals surface area contributed by atoms with Crippen molar-refractivity contribution in [3.63, 3.8) is 0 Å². The van der Waals surface area contributed by atoms with E-state index < -0.39 is 35.5 Å².